The van der Waals surface area contributed by atoms with E-state index in [9.17, 15) is 4.79 Å². The van der Waals surface area contributed by atoms with Gasteiger partial charge in [0.05, 0.1) is 0 Å². The number of primary amides is 1. The molecule has 1 aliphatic carbocycles. The Kier molecular flexibility index (Phi) is 3.49. The lowest BCUT2D eigenvalue weighted by molar-refractivity contribution is 0.249. The first-order valence-electron chi connectivity index (χ1n) is 5.14. The van der Waals surface area contributed by atoms with Crippen molar-refractivity contribution in [2.45, 2.75) is 33.6 Å². The summed E-state index contributed by atoms with van der Waals surface area (Å²) >= 11 is 0. The van der Waals surface area contributed by atoms with E-state index in [1.165, 1.54) is 0 Å². The van der Waals surface area contributed by atoms with Crippen LogP contribution in [0.2, 0.25) is 0 Å². The third kappa shape index (κ3) is 2.47. The summed E-state index contributed by atoms with van der Waals surface area (Å²) in [6.07, 6.45) is 2.14. The van der Waals surface area contributed by atoms with Crippen molar-refractivity contribution >= 4 is 11.7 Å². The van der Waals surface area contributed by atoms with Crippen molar-refractivity contribution in [3.8, 4) is 0 Å². The fraction of sp³-hybridized carbons (Fsp3) is 0.800. The lowest BCUT2D eigenvalue weighted by Gasteiger charge is -2.18. The number of amides is 2. The first kappa shape index (κ1) is 11.0. The second-order valence-electron chi connectivity index (χ2n) is 4.31. The Morgan fingerprint density at radius 2 is 2.29 bits per heavy atom. The zero-order valence-electron chi connectivity index (χ0n) is 9.08. The molecule has 14 heavy (non-hydrogen) atoms. The van der Waals surface area contributed by atoms with Crippen LogP contribution in [0.5, 0.6) is 0 Å². The molecule has 0 radical (unpaired) electrons. The first-order valence-corrected chi connectivity index (χ1v) is 5.14. The fourth-order valence-electron chi connectivity index (χ4n) is 2.23. The van der Waals surface area contributed by atoms with Gasteiger partial charge >= 0.3 is 6.03 Å². The fourth-order valence-corrected chi connectivity index (χ4v) is 2.23. The molecule has 3 N–H and O–H groups in total. The van der Waals surface area contributed by atoms with Crippen molar-refractivity contribution < 1.29 is 4.79 Å². The van der Waals surface area contributed by atoms with E-state index in [1.54, 1.807) is 0 Å². The molecule has 0 saturated heterocycles. The lowest BCUT2D eigenvalue weighted by atomic mass is 9.87. The summed E-state index contributed by atoms with van der Waals surface area (Å²) in [7, 11) is 0. The highest BCUT2D eigenvalue weighted by Crippen LogP contribution is 2.34. The topological polar surface area (TPSA) is 67.5 Å². The number of carbonyl (C=O) groups excluding carboxylic acids is 1. The van der Waals surface area contributed by atoms with E-state index in [2.05, 4.69) is 31.3 Å². The Morgan fingerprint density at radius 1 is 1.64 bits per heavy atom. The highest BCUT2D eigenvalue weighted by molar-refractivity contribution is 5.89. The standard InChI is InChI=1S/C10H19N3O/c1-6(2)8-4-5-9(7(8)3)12-13-10(11)14/h6-8H,4-5H2,1-3H3,(H3,11,13,14)/b12-9+/t7-,8+/m1/s1. The van der Waals surface area contributed by atoms with Gasteiger partial charge in [0, 0.05) is 5.71 Å². The van der Waals surface area contributed by atoms with E-state index < -0.39 is 6.03 Å². The smallest absolute Gasteiger partial charge is 0.332 e. The number of nitrogens with one attached hydrogen (secondary N) is 1. The normalized spacial score (nSPS) is 29.9. The summed E-state index contributed by atoms with van der Waals surface area (Å²) in [5, 5.41) is 4.03. The minimum Gasteiger partial charge on any atom is -0.350 e. The van der Waals surface area contributed by atoms with Gasteiger partial charge in [0.15, 0.2) is 0 Å². The number of hydrogen-bond acceptors (Lipinski definition) is 2. The summed E-state index contributed by atoms with van der Waals surface area (Å²) in [6, 6.07) is -0.585. The molecule has 0 bridgehead atoms. The highest BCUT2D eigenvalue weighted by Gasteiger charge is 2.31. The van der Waals surface area contributed by atoms with Gasteiger partial charge in [-0.25, -0.2) is 10.2 Å². The van der Waals surface area contributed by atoms with Crippen LogP contribution in [0.3, 0.4) is 0 Å². The highest BCUT2D eigenvalue weighted by atomic mass is 16.2. The van der Waals surface area contributed by atoms with Crippen molar-refractivity contribution in [3.63, 3.8) is 0 Å². The molecule has 0 spiro atoms. The minimum absolute atomic E-state index is 0.460. The molecule has 0 unspecified atom stereocenters. The van der Waals surface area contributed by atoms with Crippen LogP contribution in [-0.4, -0.2) is 11.7 Å². The molecule has 1 rings (SSSR count). The average Bonchev–Trinajstić information content (AvgIpc) is 2.43. The van der Waals surface area contributed by atoms with Gasteiger partial charge in [0.1, 0.15) is 0 Å². The summed E-state index contributed by atoms with van der Waals surface area (Å²) in [5.41, 5.74) is 8.33. The van der Waals surface area contributed by atoms with E-state index in [0.29, 0.717) is 17.8 Å². The van der Waals surface area contributed by atoms with Gasteiger partial charge in [-0.15, -0.1) is 0 Å². The van der Waals surface area contributed by atoms with Crippen LogP contribution in [0.15, 0.2) is 5.10 Å². The van der Waals surface area contributed by atoms with Gasteiger partial charge in [-0.3, -0.25) is 0 Å². The Bertz CT molecular complexity index is 248. The number of nitrogens with zero attached hydrogens (tertiary/aromatic N) is 1. The summed E-state index contributed by atoms with van der Waals surface area (Å²) in [5.74, 6) is 1.82. The largest absolute Gasteiger partial charge is 0.350 e. The van der Waals surface area contributed by atoms with E-state index in [-0.39, 0.29) is 0 Å². The summed E-state index contributed by atoms with van der Waals surface area (Å²) in [6.45, 7) is 6.62. The molecule has 0 aromatic rings. The molecule has 1 saturated carbocycles. The maximum Gasteiger partial charge on any atom is 0.332 e. The van der Waals surface area contributed by atoms with Gasteiger partial charge in [0.25, 0.3) is 0 Å². The van der Waals surface area contributed by atoms with Gasteiger partial charge in [0.2, 0.25) is 0 Å². The maximum atomic E-state index is 10.5. The van der Waals surface area contributed by atoms with Crippen LogP contribution in [-0.2, 0) is 0 Å². The number of nitrogens with two attached hydrogens (primary N) is 1. The van der Waals surface area contributed by atoms with Crippen LogP contribution >= 0.6 is 0 Å². The van der Waals surface area contributed by atoms with Crippen molar-refractivity contribution in [2.24, 2.45) is 28.6 Å². The van der Waals surface area contributed by atoms with Crippen molar-refractivity contribution in [3.05, 3.63) is 0 Å². The molecule has 2 amide bonds. The van der Waals surface area contributed by atoms with Crippen LogP contribution in [0.1, 0.15) is 33.6 Å². The molecule has 0 aliphatic heterocycles. The van der Waals surface area contributed by atoms with Crippen molar-refractivity contribution in [1.82, 2.24) is 5.43 Å². The van der Waals surface area contributed by atoms with Crippen molar-refractivity contribution in [2.75, 3.05) is 0 Å². The van der Waals surface area contributed by atoms with Gasteiger partial charge in [-0.1, -0.05) is 20.8 Å². The number of carbonyl (C=O) groups is 1. The third-order valence-corrected chi connectivity index (χ3v) is 3.07. The van der Waals surface area contributed by atoms with E-state index in [0.717, 1.165) is 18.6 Å². The number of rotatable bonds is 2. The van der Waals surface area contributed by atoms with E-state index in [1.807, 2.05) is 0 Å². The zero-order chi connectivity index (χ0) is 10.7. The van der Waals surface area contributed by atoms with E-state index >= 15 is 0 Å². The Morgan fingerprint density at radius 3 is 2.71 bits per heavy atom. The van der Waals surface area contributed by atoms with Crippen LogP contribution in [0, 0.1) is 17.8 Å². The molecule has 4 nitrogen and oxygen atoms in total. The molecular weight excluding hydrogens is 178 g/mol. The number of hydrogen-bond donors (Lipinski definition) is 2. The Balaban J connectivity index is 2.59. The molecule has 0 aromatic carbocycles. The third-order valence-electron chi connectivity index (χ3n) is 3.07. The molecule has 80 valence electrons. The van der Waals surface area contributed by atoms with Gasteiger partial charge in [-0.05, 0) is 30.6 Å². The van der Waals surface area contributed by atoms with Crippen LogP contribution < -0.4 is 11.2 Å². The molecule has 0 aromatic heterocycles. The predicted octanol–water partition coefficient (Wildman–Crippen LogP) is 1.71. The Labute approximate surface area is 84.9 Å². The summed E-state index contributed by atoms with van der Waals surface area (Å²) in [4.78, 5) is 10.5. The second-order valence-corrected chi connectivity index (χ2v) is 4.31. The predicted molar refractivity (Wildman–Crippen MR) is 56.9 cm³/mol. The number of hydrazone groups is 1. The number of urea groups is 1. The zero-order valence-corrected chi connectivity index (χ0v) is 9.08. The SMILES string of the molecule is CC(C)[C@@H]1CC/C(=N\NC(N)=O)[C@@H]1C. The molecule has 1 fully saturated rings. The van der Waals surface area contributed by atoms with Crippen molar-refractivity contribution in [1.29, 1.82) is 0 Å². The monoisotopic (exact) mass is 197 g/mol. The molecule has 4 heteroatoms. The second kappa shape index (κ2) is 4.44. The van der Waals surface area contributed by atoms with Gasteiger partial charge in [-0.2, -0.15) is 5.10 Å². The quantitative estimate of drug-likeness (QED) is 0.650. The van der Waals surface area contributed by atoms with E-state index in [4.69, 9.17) is 5.73 Å². The molecular formula is C10H19N3O. The molecule has 2 atom stereocenters. The average molecular weight is 197 g/mol. The first-order chi connectivity index (χ1) is 6.52. The van der Waals surface area contributed by atoms with Crippen LogP contribution in [0.25, 0.3) is 0 Å². The van der Waals surface area contributed by atoms with Crippen LogP contribution in [0.4, 0.5) is 4.79 Å². The molecule has 0 heterocycles. The lowest BCUT2D eigenvalue weighted by Crippen LogP contribution is -2.27. The Hall–Kier alpha value is -1.06. The minimum atomic E-state index is -0.585. The molecule has 1 aliphatic rings. The van der Waals surface area contributed by atoms with Gasteiger partial charge < -0.3 is 5.73 Å². The summed E-state index contributed by atoms with van der Waals surface area (Å²) < 4.78 is 0. The maximum absolute atomic E-state index is 10.5.